The molecule has 2 aromatic heterocycles. The fourth-order valence-electron chi connectivity index (χ4n) is 1.22. The summed E-state index contributed by atoms with van der Waals surface area (Å²) in [7, 11) is 0. The SMILES string of the molecule is Cc1cn(O)c2cnccc12. The molecule has 0 radical (unpaired) electrons. The first-order valence-electron chi connectivity index (χ1n) is 3.40. The van der Waals surface area contributed by atoms with Crippen molar-refractivity contribution in [1.29, 1.82) is 0 Å². The van der Waals surface area contributed by atoms with Gasteiger partial charge in [-0.1, -0.05) is 0 Å². The van der Waals surface area contributed by atoms with Gasteiger partial charge in [0.2, 0.25) is 0 Å². The quantitative estimate of drug-likeness (QED) is 0.576. The summed E-state index contributed by atoms with van der Waals surface area (Å²) < 4.78 is 1.09. The van der Waals surface area contributed by atoms with Gasteiger partial charge in [-0.3, -0.25) is 4.98 Å². The molecule has 2 rings (SSSR count). The van der Waals surface area contributed by atoms with Gasteiger partial charge in [-0.25, -0.2) is 0 Å². The monoisotopic (exact) mass is 148 g/mol. The summed E-state index contributed by atoms with van der Waals surface area (Å²) in [6.45, 7) is 1.95. The highest BCUT2D eigenvalue weighted by molar-refractivity contribution is 5.82. The first-order valence-corrected chi connectivity index (χ1v) is 3.40. The van der Waals surface area contributed by atoms with Crippen LogP contribution in [0.25, 0.3) is 10.9 Å². The highest BCUT2D eigenvalue weighted by atomic mass is 16.5. The van der Waals surface area contributed by atoms with Crippen molar-refractivity contribution in [3.05, 3.63) is 30.2 Å². The molecule has 0 fully saturated rings. The molecule has 11 heavy (non-hydrogen) atoms. The van der Waals surface area contributed by atoms with Crippen molar-refractivity contribution >= 4 is 10.9 Å². The lowest BCUT2D eigenvalue weighted by atomic mass is 10.2. The van der Waals surface area contributed by atoms with Crippen LogP contribution in [0.4, 0.5) is 0 Å². The summed E-state index contributed by atoms with van der Waals surface area (Å²) in [4.78, 5) is 3.91. The average molecular weight is 148 g/mol. The number of nitrogens with zero attached hydrogens (tertiary/aromatic N) is 2. The van der Waals surface area contributed by atoms with E-state index in [2.05, 4.69) is 4.98 Å². The molecule has 3 heteroatoms. The van der Waals surface area contributed by atoms with E-state index < -0.39 is 0 Å². The van der Waals surface area contributed by atoms with Crippen LogP contribution < -0.4 is 0 Å². The third-order valence-electron chi connectivity index (χ3n) is 1.79. The smallest absolute Gasteiger partial charge is 0.105 e. The Morgan fingerprint density at radius 3 is 3.09 bits per heavy atom. The summed E-state index contributed by atoms with van der Waals surface area (Å²) in [5, 5.41) is 10.3. The molecular weight excluding hydrogens is 140 g/mol. The molecule has 0 unspecified atom stereocenters. The number of pyridine rings is 1. The molecule has 3 nitrogen and oxygen atoms in total. The molecule has 0 atom stereocenters. The number of aromatic nitrogens is 2. The van der Waals surface area contributed by atoms with Crippen LogP contribution in [0.15, 0.2) is 24.7 Å². The van der Waals surface area contributed by atoms with E-state index in [4.69, 9.17) is 0 Å². The Labute approximate surface area is 63.9 Å². The Morgan fingerprint density at radius 2 is 2.36 bits per heavy atom. The first-order chi connectivity index (χ1) is 5.29. The van der Waals surface area contributed by atoms with Crippen LogP contribution in [0.1, 0.15) is 5.56 Å². The number of hydrogen-bond acceptors (Lipinski definition) is 2. The number of hydrogen-bond donors (Lipinski definition) is 1. The third-order valence-corrected chi connectivity index (χ3v) is 1.79. The molecule has 1 N–H and O–H groups in total. The van der Waals surface area contributed by atoms with E-state index in [1.165, 1.54) is 0 Å². The van der Waals surface area contributed by atoms with E-state index in [0.717, 1.165) is 21.2 Å². The van der Waals surface area contributed by atoms with Gasteiger partial charge < -0.3 is 5.21 Å². The van der Waals surface area contributed by atoms with E-state index in [0.29, 0.717) is 0 Å². The van der Waals surface area contributed by atoms with Gasteiger partial charge in [0.25, 0.3) is 0 Å². The van der Waals surface area contributed by atoms with Gasteiger partial charge in [-0.05, 0) is 18.6 Å². The summed E-state index contributed by atoms with van der Waals surface area (Å²) in [5.74, 6) is 0. The van der Waals surface area contributed by atoms with E-state index in [1.54, 1.807) is 18.6 Å². The Balaban J connectivity index is 2.95. The van der Waals surface area contributed by atoms with Crippen LogP contribution in [0.3, 0.4) is 0 Å². The van der Waals surface area contributed by atoms with Gasteiger partial charge >= 0.3 is 0 Å². The van der Waals surface area contributed by atoms with E-state index in [1.807, 2.05) is 13.0 Å². The predicted molar refractivity (Wildman–Crippen MR) is 41.7 cm³/mol. The molecule has 0 saturated carbocycles. The maximum atomic E-state index is 9.27. The minimum absolute atomic E-state index is 0.755. The second kappa shape index (κ2) is 1.99. The molecule has 0 aliphatic heterocycles. The molecule has 2 aromatic rings. The lowest BCUT2D eigenvalue weighted by Gasteiger charge is -1.90. The fourth-order valence-corrected chi connectivity index (χ4v) is 1.22. The molecule has 0 saturated heterocycles. The Bertz CT molecular complexity index is 356. The van der Waals surface area contributed by atoms with E-state index >= 15 is 0 Å². The lowest BCUT2D eigenvalue weighted by molar-refractivity contribution is 0.199. The van der Waals surface area contributed by atoms with Crippen molar-refractivity contribution in [2.75, 3.05) is 0 Å². The molecule has 0 aliphatic rings. The van der Waals surface area contributed by atoms with Crippen molar-refractivity contribution in [3.63, 3.8) is 0 Å². The average Bonchev–Trinajstić information content (AvgIpc) is 2.30. The first kappa shape index (κ1) is 6.22. The summed E-state index contributed by atoms with van der Waals surface area (Å²) in [6, 6.07) is 1.89. The van der Waals surface area contributed by atoms with Crippen LogP contribution >= 0.6 is 0 Å². The number of rotatable bonds is 0. The van der Waals surface area contributed by atoms with Crippen LogP contribution in [-0.2, 0) is 0 Å². The fraction of sp³-hybridized carbons (Fsp3) is 0.125. The van der Waals surface area contributed by atoms with E-state index in [9.17, 15) is 5.21 Å². The highest BCUT2D eigenvalue weighted by Gasteiger charge is 2.01. The minimum atomic E-state index is 0.755. The van der Waals surface area contributed by atoms with Crippen LogP contribution in [0.5, 0.6) is 0 Å². The van der Waals surface area contributed by atoms with Gasteiger partial charge in [-0.2, -0.15) is 4.73 Å². The zero-order chi connectivity index (χ0) is 7.84. The molecule has 0 amide bonds. The zero-order valence-corrected chi connectivity index (χ0v) is 6.15. The minimum Gasteiger partial charge on any atom is -0.428 e. The molecule has 0 aromatic carbocycles. The van der Waals surface area contributed by atoms with Crippen molar-refractivity contribution < 1.29 is 5.21 Å². The highest BCUT2D eigenvalue weighted by Crippen LogP contribution is 2.16. The van der Waals surface area contributed by atoms with Crippen molar-refractivity contribution in [2.45, 2.75) is 6.92 Å². The molecule has 0 spiro atoms. The maximum absolute atomic E-state index is 9.27. The summed E-state index contributed by atoms with van der Waals surface area (Å²) in [5.41, 5.74) is 1.81. The van der Waals surface area contributed by atoms with Crippen molar-refractivity contribution in [1.82, 2.24) is 9.71 Å². The largest absolute Gasteiger partial charge is 0.428 e. The van der Waals surface area contributed by atoms with Crippen molar-refractivity contribution in [3.8, 4) is 0 Å². The van der Waals surface area contributed by atoms with Crippen LogP contribution in [0.2, 0.25) is 0 Å². The second-order valence-electron chi connectivity index (χ2n) is 2.55. The summed E-state index contributed by atoms with van der Waals surface area (Å²) >= 11 is 0. The second-order valence-corrected chi connectivity index (χ2v) is 2.55. The molecule has 2 heterocycles. The molecule has 56 valence electrons. The van der Waals surface area contributed by atoms with Crippen molar-refractivity contribution in [2.24, 2.45) is 0 Å². The van der Waals surface area contributed by atoms with Gasteiger partial charge in [0.05, 0.1) is 6.20 Å². The molecule has 0 bridgehead atoms. The zero-order valence-electron chi connectivity index (χ0n) is 6.15. The topological polar surface area (TPSA) is 38.0 Å². The van der Waals surface area contributed by atoms with Gasteiger partial charge in [-0.15, -0.1) is 0 Å². The van der Waals surface area contributed by atoms with E-state index in [-0.39, 0.29) is 0 Å². The predicted octanol–water partition coefficient (Wildman–Crippen LogP) is 1.58. The molecule has 0 aliphatic carbocycles. The Morgan fingerprint density at radius 1 is 1.55 bits per heavy atom. The van der Waals surface area contributed by atoms with Gasteiger partial charge in [0, 0.05) is 17.8 Å². The summed E-state index contributed by atoms with van der Waals surface area (Å²) in [6.07, 6.45) is 5.03. The third kappa shape index (κ3) is 0.774. The Hall–Kier alpha value is -1.51. The molecular formula is C8H8N2O. The van der Waals surface area contributed by atoms with Crippen LogP contribution in [0, 0.1) is 6.92 Å². The standard InChI is InChI=1S/C8H8N2O/c1-6-5-10(11)8-4-9-3-2-7(6)8/h2-5,11H,1H3. The van der Waals surface area contributed by atoms with Gasteiger partial charge in [0.15, 0.2) is 0 Å². The van der Waals surface area contributed by atoms with Crippen LogP contribution in [-0.4, -0.2) is 14.9 Å². The van der Waals surface area contributed by atoms with Gasteiger partial charge in [0.1, 0.15) is 5.52 Å². The Kier molecular flexibility index (Phi) is 1.12. The maximum Gasteiger partial charge on any atom is 0.105 e. The number of aryl methyl sites for hydroxylation is 1. The number of fused-ring (bicyclic) bond motifs is 1. The normalized spacial score (nSPS) is 10.6. The lowest BCUT2D eigenvalue weighted by Crippen LogP contribution is -1.85.